The van der Waals surface area contributed by atoms with Gasteiger partial charge in [0.1, 0.15) is 0 Å². The number of ether oxygens (including phenoxy) is 1. The highest BCUT2D eigenvalue weighted by Gasteiger charge is 2.28. The van der Waals surface area contributed by atoms with Crippen molar-refractivity contribution >= 4 is 16.1 Å². The zero-order valence-corrected chi connectivity index (χ0v) is 17.6. The number of hydrogen-bond acceptors (Lipinski definition) is 4. The summed E-state index contributed by atoms with van der Waals surface area (Å²) in [5, 5.41) is 2.84. The summed E-state index contributed by atoms with van der Waals surface area (Å²) in [6.07, 6.45) is 0. The van der Waals surface area contributed by atoms with Gasteiger partial charge in [-0.05, 0) is 24.1 Å². The minimum Gasteiger partial charge on any atom is -0.379 e. The van der Waals surface area contributed by atoms with E-state index < -0.39 is 10.0 Å². The van der Waals surface area contributed by atoms with Gasteiger partial charge in [-0.1, -0.05) is 48.5 Å². The lowest BCUT2D eigenvalue weighted by Gasteiger charge is -2.27. The van der Waals surface area contributed by atoms with Crippen molar-refractivity contribution in [3.8, 4) is 0 Å². The molecule has 1 aliphatic heterocycles. The van der Waals surface area contributed by atoms with E-state index in [0.717, 1.165) is 5.56 Å². The minimum absolute atomic E-state index is 0.108. The number of nitrogens with zero attached hydrogens (tertiary/aromatic N) is 2. The summed E-state index contributed by atoms with van der Waals surface area (Å²) < 4.78 is 32.7. The predicted molar refractivity (Wildman–Crippen MR) is 111 cm³/mol. The van der Waals surface area contributed by atoms with Crippen molar-refractivity contribution in [2.45, 2.75) is 24.4 Å². The summed E-state index contributed by atoms with van der Waals surface area (Å²) in [7, 11) is -1.91. The van der Waals surface area contributed by atoms with E-state index in [2.05, 4.69) is 5.32 Å². The van der Waals surface area contributed by atoms with E-state index in [9.17, 15) is 13.2 Å². The number of rotatable bonds is 6. The van der Waals surface area contributed by atoms with E-state index >= 15 is 0 Å². The standard InChI is InChI=1S/C21H27N3O4S/c1-17(18-8-4-3-5-9-18)23(2)21(25)22-16-19-10-6-7-11-20(19)29(26,27)24-12-14-28-15-13-24/h3-11,17H,12-16H2,1-2H3,(H,22,25). The molecule has 29 heavy (non-hydrogen) atoms. The summed E-state index contributed by atoms with van der Waals surface area (Å²) in [4.78, 5) is 14.5. The lowest BCUT2D eigenvalue weighted by atomic mass is 10.1. The molecule has 0 bridgehead atoms. The third kappa shape index (κ3) is 4.95. The number of sulfonamides is 1. The Bertz CT molecular complexity index is 928. The lowest BCUT2D eigenvalue weighted by Crippen LogP contribution is -2.41. The third-order valence-corrected chi connectivity index (χ3v) is 7.17. The Morgan fingerprint density at radius 2 is 1.72 bits per heavy atom. The van der Waals surface area contributed by atoms with Crippen molar-refractivity contribution in [2.24, 2.45) is 0 Å². The minimum atomic E-state index is -3.63. The molecule has 1 heterocycles. The SMILES string of the molecule is CC(c1ccccc1)N(C)C(=O)NCc1ccccc1S(=O)(=O)N1CCOCC1. The molecular weight excluding hydrogens is 390 g/mol. The molecule has 3 rings (SSSR count). The number of carbonyl (C=O) groups excluding carboxylic acids is 1. The van der Waals surface area contributed by atoms with Gasteiger partial charge in [0.25, 0.3) is 0 Å². The number of morpholine rings is 1. The maximum atomic E-state index is 13.0. The second kappa shape index (κ2) is 9.39. The van der Waals surface area contributed by atoms with Crippen LogP contribution in [0.15, 0.2) is 59.5 Å². The Hall–Kier alpha value is -2.42. The zero-order chi connectivity index (χ0) is 20.9. The van der Waals surface area contributed by atoms with E-state index in [1.807, 2.05) is 37.3 Å². The van der Waals surface area contributed by atoms with Crippen LogP contribution in [0.25, 0.3) is 0 Å². The van der Waals surface area contributed by atoms with Crippen molar-refractivity contribution in [1.29, 1.82) is 0 Å². The highest BCUT2D eigenvalue weighted by Crippen LogP contribution is 2.22. The number of benzene rings is 2. The molecule has 1 unspecified atom stereocenters. The van der Waals surface area contributed by atoms with E-state index in [-0.39, 0.29) is 23.5 Å². The molecule has 0 saturated carbocycles. The van der Waals surface area contributed by atoms with Gasteiger partial charge in [0.05, 0.1) is 24.2 Å². The quantitative estimate of drug-likeness (QED) is 0.784. The van der Waals surface area contributed by atoms with Crippen LogP contribution in [0.5, 0.6) is 0 Å². The summed E-state index contributed by atoms with van der Waals surface area (Å²) in [6.45, 7) is 3.53. The first-order valence-corrected chi connectivity index (χ1v) is 11.1. The van der Waals surface area contributed by atoms with Crippen LogP contribution in [0.4, 0.5) is 4.79 Å². The highest BCUT2D eigenvalue weighted by atomic mass is 32.2. The molecule has 8 heteroatoms. The van der Waals surface area contributed by atoms with Gasteiger partial charge in [-0.15, -0.1) is 0 Å². The zero-order valence-electron chi connectivity index (χ0n) is 16.7. The Labute approximate surface area is 172 Å². The third-order valence-electron chi connectivity index (χ3n) is 5.17. The summed E-state index contributed by atoms with van der Waals surface area (Å²) in [6, 6.07) is 16.2. The normalized spacial score (nSPS) is 16.2. The van der Waals surface area contributed by atoms with Crippen LogP contribution in [-0.2, 0) is 21.3 Å². The summed E-state index contributed by atoms with van der Waals surface area (Å²) in [5.41, 5.74) is 1.59. The first-order chi connectivity index (χ1) is 13.9. The fraction of sp³-hybridized carbons (Fsp3) is 0.381. The van der Waals surface area contributed by atoms with E-state index in [4.69, 9.17) is 4.74 Å². The second-order valence-electron chi connectivity index (χ2n) is 6.98. The van der Waals surface area contributed by atoms with Gasteiger partial charge in [-0.2, -0.15) is 4.31 Å². The van der Waals surface area contributed by atoms with Gasteiger partial charge in [0, 0.05) is 26.7 Å². The number of nitrogens with one attached hydrogen (secondary N) is 1. The monoisotopic (exact) mass is 417 g/mol. The molecule has 2 aromatic carbocycles. The largest absolute Gasteiger partial charge is 0.379 e. The molecule has 0 aromatic heterocycles. The molecule has 0 radical (unpaired) electrons. The molecule has 1 aliphatic rings. The van der Waals surface area contributed by atoms with Crippen LogP contribution in [0, 0.1) is 0 Å². The average molecular weight is 418 g/mol. The number of urea groups is 1. The maximum Gasteiger partial charge on any atom is 0.317 e. The van der Waals surface area contributed by atoms with Crippen molar-refractivity contribution in [2.75, 3.05) is 33.4 Å². The lowest BCUT2D eigenvalue weighted by molar-refractivity contribution is 0.0730. The van der Waals surface area contributed by atoms with Crippen molar-refractivity contribution < 1.29 is 17.9 Å². The van der Waals surface area contributed by atoms with Crippen LogP contribution in [0.1, 0.15) is 24.1 Å². The number of carbonyl (C=O) groups is 1. The Morgan fingerprint density at radius 3 is 2.41 bits per heavy atom. The van der Waals surface area contributed by atoms with Gasteiger partial charge in [0.2, 0.25) is 10.0 Å². The van der Waals surface area contributed by atoms with Gasteiger partial charge in [0.15, 0.2) is 0 Å². The fourth-order valence-corrected chi connectivity index (χ4v) is 4.88. The van der Waals surface area contributed by atoms with Crippen LogP contribution < -0.4 is 5.32 Å². The molecule has 1 saturated heterocycles. The first-order valence-electron chi connectivity index (χ1n) is 9.62. The molecule has 1 atom stereocenters. The van der Waals surface area contributed by atoms with Crippen LogP contribution in [0.2, 0.25) is 0 Å². The van der Waals surface area contributed by atoms with Crippen molar-refractivity contribution in [3.63, 3.8) is 0 Å². The molecule has 0 spiro atoms. The number of amides is 2. The smallest absolute Gasteiger partial charge is 0.317 e. The highest BCUT2D eigenvalue weighted by molar-refractivity contribution is 7.89. The van der Waals surface area contributed by atoms with Crippen LogP contribution in [-0.4, -0.2) is 57.0 Å². The van der Waals surface area contributed by atoms with E-state index in [1.165, 1.54) is 4.31 Å². The molecule has 156 valence electrons. The maximum absolute atomic E-state index is 13.0. The van der Waals surface area contributed by atoms with Crippen molar-refractivity contribution in [3.05, 3.63) is 65.7 Å². The van der Waals surface area contributed by atoms with Gasteiger partial charge in [-0.3, -0.25) is 0 Å². The summed E-state index contributed by atoms with van der Waals surface area (Å²) >= 11 is 0. The van der Waals surface area contributed by atoms with Gasteiger partial charge < -0.3 is 15.0 Å². The molecule has 1 N–H and O–H groups in total. The Morgan fingerprint density at radius 1 is 1.10 bits per heavy atom. The first kappa shape index (κ1) is 21.3. The topological polar surface area (TPSA) is 79.0 Å². The van der Waals surface area contributed by atoms with Crippen molar-refractivity contribution in [1.82, 2.24) is 14.5 Å². The second-order valence-corrected chi connectivity index (χ2v) is 8.89. The molecule has 1 fully saturated rings. The Balaban J connectivity index is 1.70. The molecule has 0 aliphatic carbocycles. The molecule has 2 amide bonds. The Kier molecular flexibility index (Phi) is 6.89. The van der Waals surface area contributed by atoms with Crippen LogP contribution in [0.3, 0.4) is 0 Å². The van der Waals surface area contributed by atoms with Gasteiger partial charge >= 0.3 is 6.03 Å². The van der Waals surface area contributed by atoms with Crippen LogP contribution >= 0.6 is 0 Å². The molecule has 7 nitrogen and oxygen atoms in total. The van der Waals surface area contributed by atoms with E-state index in [1.54, 1.807) is 36.2 Å². The van der Waals surface area contributed by atoms with Gasteiger partial charge in [-0.25, -0.2) is 13.2 Å². The predicted octanol–water partition coefficient (Wildman–Crippen LogP) is 2.61. The fourth-order valence-electron chi connectivity index (χ4n) is 3.25. The summed E-state index contributed by atoms with van der Waals surface area (Å²) in [5.74, 6) is 0. The average Bonchev–Trinajstić information content (AvgIpc) is 2.77. The van der Waals surface area contributed by atoms with E-state index in [0.29, 0.717) is 31.9 Å². The number of hydrogen-bond donors (Lipinski definition) is 1. The molecular formula is C21H27N3O4S. The molecule has 2 aromatic rings.